The highest BCUT2D eigenvalue weighted by Crippen LogP contribution is 2.54. The molecule has 10 aromatic rings. The topological polar surface area (TPSA) is 3.24 Å². The highest BCUT2D eigenvalue weighted by Gasteiger charge is 2.38. The predicted octanol–water partition coefficient (Wildman–Crippen LogP) is 18.1. The van der Waals surface area contributed by atoms with Crippen molar-refractivity contribution in [2.75, 3.05) is 4.90 Å². The monoisotopic (exact) mass is 857 g/mol. The van der Waals surface area contributed by atoms with Crippen LogP contribution in [-0.2, 0) is 10.8 Å². The molecule has 2 aliphatic carbocycles. The van der Waals surface area contributed by atoms with Crippen molar-refractivity contribution in [1.29, 1.82) is 0 Å². The van der Waals surface area contributed by atoms with Gasteiger partial charge in [0.2, 0.25) is 0 Å². The molecule has 0 unspecified atom stereocenters. The molecule has 2 aliphatic rings. The zero-order valence-corrected chi connectivity index (χ0v) is 38.5. The quantitative estimate of drug-likeness (QED) is 0.147. The lowest BCUT2D eigenvalue weighted by atomic mass is 9.78. The van der Waals surface area contributed by atoms with Gasteiger partial charge in [-0.15, -0.1) is 0 Å². The highest BCUT2D eigenvalue weighted by atomic mass is 15.1. The Balaban J connectivity index is 0.898. The van der Waals surface area contributed by atoms with Crippen LogP contribution in [0.4, 0.5) is 17.1 Å². The van der Waals surface area contributed by atoms with Crippen LogP contribution in [0.5, 0.6) is 0 Å². The lowest BCUT2D eigenvalue weighted by Crippen LogP contribution is -2.16. The van der Waals surface area contributed by atoms with Crippen molar-refractivity contribution < 1.29 is 0 Å². The van der Waals surface area contributed by atoms with E-state index in [1.165, 1.54) is 100 Å². The Kier molecular flexibility index (Phi) is 9.59. The van der Waals surface area contributed by atoms with Gasteiger partial charge in [0, 0.05) is 27.9 Å². The number of hydrogen-bond donors (Lipinski definition) is 0. The van der Waals surface area contributed by atoms with Crippen molar-refractivity contribution in [3.63, 3.8) is 0 Å². The molecule has 10 aromatic carbocycles. The molecular weight excluding hydrogens is 807 g/mol. The zero-order chi connectivity index (χ0) is 45.3. The van der Waals surface area contributed by atoms with Crippen LogP contribution in [0.2, 0.25) is 0 Å². The first-order chi connectivity index (χ1) is 32.7. The molecule has 0 saturated heterocycles. The second-order valence-corrected chi connectivity index (χ2v) is 19.3. The largest absolute Gasteiger partial charge is 0.310 e. The fourth-order valence-electron chi connectivity index (χ4n) is 11.3. The van der Waals surface area contributed by atoms with E-state index < -0.39 is 0 Å². The van der Waals surface area contributed by atoms with E-state index in [0.29, 0.717) is 0 Å². The van der Waals surface area contributed by atoms with Crippen LogP contribution in [0.3, 0.4) is 0 Å². The average Bonchev–Trinajstić information content (AvgIpc) is 3.76. The van der Waals surface area contributed by atoms with Gasteiger partial charge in [-0.25, -0.2) is 0 Å². The van der Waals surface area contributed by atoms with E-state index >= 15 is 0 Å². The van der Waals surface area contributed by atoms with Gasteiger partial charge in [-0.3, -0.25) is 0 Å². The summed E-state index contributed by atoms with van der Waals surface area (Å²) < 4.78 is 0. The molecule has 0 radical (unpaired) electrons. The van der Waals surface area contributed by atoms with Crippen LogP contribution in [0.1, 0.15) is 49.9 Å². The molecular formula is C66H51N. The second kappa shape index (κ2) is 15.9. The number of rotatable bonds is 8. The number of hydrogen-bond acceptors (Lipinski definition) is 1. The van der Waals surface area contributed by atoms with Gasteiger partial charge in [-0.2, -0.15) is 0 Å². The maximum atomic E-state index is 2.42. The summed E-state index contributed by atoms with van der Waals surface area (Å²) in [5, 5.41) is 0. The standard InChI is InChI=1S/C66H51N/c1-65(2)61-23-12-10-19-56(61)58-42-41-53(43-63(58)65)67(51-37-33-49(34-38-51)48-31-29-47(30-32-48)46-27-25-45(26-28-46)44-15-6-5-7-16-44)52-39-35-50(36-40-52)54-17-8-9-18-55(54)59-21-14-22-60-57-20-11-13-24-62(57)66(3,4)64(59)60/h5-43H,1-4H3. The lowest BCUT2D eigenvalue weighted by molar-refractivity contribution is 0.660. The Morgan fingerprint density at radius 1 is 0.239 bits per heavy atom. The number of nitrogens with zero attached hydrogens (tertiary/aromatic N) is 1. The first kappa shape index (κ1) is 40.5. The normalized spacial score (nSPS) is 13.6. The fraction of sp³-hybridized carbons (Fsp3) is 0.0909. The minimum absolute atomic E-state index is 0.110. The third-order valence-electron chi connectivity index (χ3n) is 14.7. The van der Waals surface area contributed by atoms with Gasteiger partial charge in [0.05, 0.1) is 0 Å². The van der Waals surface area contributed by atoms with Gasteiger partial charge >= 0.3 is 0 Å². The highest BCUT2D eigenvalue weighted by molar-refractivity contribution is 5.94. The van der Waals surface area contributed by atoms with Crippen LogP contribution in [-0.4, -0.2) is 0 Å². The molecule has 0 bridgehead atoms. The Labute approximate surface area is 395 Å². The second-order valence-electron chi connectivity index (χ2n) is 19.3. The Hall–Kier alpha value is -8.00. The van der Waals surface area contributed by atoms with Crippen molar-refractivity contribution in [1.82, 2.24) is 0 Å². The summed E-state index contributed by atoms with van der Waals surface area (Å²) in [6.45, 7) is 9.47. The summed E-state index contributed by atoms with van der Waals surface area (Å²) in [6.07, 6.45) is 0. The first-order valence-electron chi connectivity index (χ1n) is 23.6. The minimum atomic E-state index is -0.116. The summed E-state index contributed by atoms with van der Waals surface area (Å²) >= 11 is 0. The Morgan fingerprint density at radius 2 is 0.597 bits per heavy atom. The maximum Gasteiger partial charge on any atom is 0.0465 e. The molecule has 0 atom stereocenters. The van der Waals surface area contributed by atoms with E-state index in [4.69, 9.17) is 0 Å². The van der Waals surface area contributed by atoms with Gasteiger partial charge in [-0.05, 0) is 137 Å². The van der Waals surface area contributed by atoms with Gasteiger partial charge in [0.25, 0.3) is 0 Å². The Bertz CT molecular complexity index is 3460. The molecule has 1 nitrogen and oxygen atoms in total. The van der Waals surface area contributed by atoms with Gasteiger partial charge in [0.15, 0.2) is 0 Å². The van der Waals surface area contributed by atoms with Gasteiger partial charge < -0.3 is 4.90 Å². The van der Waals surface area contributed by atoms with Crippen LogP contribution in [0.15, 0.2) is 237 Å². The smallest absolute Gasteiger partial charge is 0.0465 e. The van der Waals surface area contributed by atoms with Crippen molar-refractivity contribution in [2.45, 2.75) is 38.5 Å². The summed E-state index contributed by atoms with van der Waals surface area (Å²) in [6, 6.07) is 87.3. The molecule has 0 N–H and O–H groups in total. The lowest BCUT2D eigenvalue weighted by Gasteiger charge is -2.28. The van der Waals surface area contributed by atoms with E-state index in [1.54, 1.807) is 0 Å². The molecule has 320 valence electrons. The summed E-state index contributed by atoms with van der Waals surface area (Å²) in [5.74, 6) is 0. The van der Waals surface area contributed by atoms with Crippen molar-refractivity contribution in [2.24, 2.45) is 0 Å². The van der Waals surface area contributed by atoms with E-state index in [1.807, 2.05) is 0 Å². The molecule has 0 fully saturated rings. The summed E-state index contributed by atoms with van der Waals surface area (Å²) in [7, 11) is 0. The van der Waals surface area contributed by atoms with Crippen molar-refractivity contribution >= 4 is 17.1 Å². The summed E-state index contributed by atoms with van der Waals surface area (Å²) in [5.41, 5.74) is 26.3. The minimum Gasteiger partial charge on any atom is -0.310 e. The number of fused-ring (bicyclic) bond motifs is 6. The molecule has 0 spiro atoms. The average molecular weight is 858 g/mol. The van der Waals surface area contributed by atoms with E-state index in [9.17, 15) is 0 Å². The maximum absolute atomic E-state index is 2.42. The van der Waals surface area contributed by atoms with Gasteiger partial charge in [-0.1, -0.05) is 228 Å². The first-order valence-corrected chi connectivity index (χ1v) is 23.6. The molecule has 12 rings (SSSR count). The van der Waals surface area contributed by atoms with Gasteiger partial charge in [0.1, 0.15) is 0 Å². The fourth-order valence-corrected chi connectivity index (χ4v) is 11.3. The van der Waals surface area contributed by atoms with Crippen LogP contribution >= 0.6 is 0 Å². The molecule has 67 heavy (non-hydrogen) atoms. The molecule has 0 heterocycles. The number of anilines is 3. The van der Waals surface area contributed by atoms with Crippen molar-refractivity contribution in [3.05, 3.63) is 259 Å². The molecule has 0 aliphatic heterocycles. The molecule has 1 heteroatoms. The third-order valence-corrected chi connectivity index (χ3v) is 14.7. The predicted molar refractivity (Wildman–Crippen MR) is 283 cm³/mol. The van der Waals surface area contributed by atoms with Crippen LogP contribution in [0, 0.1) is 0 Å². The number of benzene rings is 10. The van der Waals surface area contributed by atoms with Crippen molar-refractivity contribution in [3.8, 4) is 77.9 Å². The van der Waals surface area contributed by atoms with E-state index in [-0.39, 0.29) is 10.8 Å². The SMILES string of the molecule is CC1(C)c2ccccc2-c2ccc(N(c3ccc(-c4ccc(-c5ccc(-c6ccccc6)cc5)cc4)cc3)c3ccc(-c4ccccc4-c4cccc5c4C(C)(C)c4ccccc4-5)cc3)cc21. The zero-order valence-electron chi connectivity index (χ0n) is 38.5. The molecule has 0 aromatic heterocycles. The molecule has 0 saturated carbocycles. The summed E-state index contributed by atoms with van der Waals surface area (Å²) in [4.78, 5) is 2.42. The van der Waals surface area contributed by atoms with E-state index in [0.717, 1.165) is 17.1 Å². The third kappa shape index (κ3) is 6.76. The van der Waals surface area contributed by atoms with Crippen LogP contribution in [0.25, 0.3) is 77.9 Å². The van der Waals surface area contributed by atoms with Crippen LogP contribution < -0.4 is 4.90 Å². The Morgan fingerprint density at radius 3 is 1.15 bits per heavy atom. The van der Waals surface area contributed by atoms with E-state index in [2.05, 4.69) is 269 Å². The molecule has 0 amide bonds.